The first-order chi connectivity index (χ1) is 4.16. The van der Waals surface area contributed by atoms with Crippen LogP contribution in [0.1, 0.15) is 0 Å². The fraction of sp³-hybridized carbons (Fsp3) is 0. The van der Waals surface area contributed by atoms with Crippen molar-refractivity contribution >= 4 is 38.2 Å². The summed E-state index contributed by atoms with van der Waals surface area (Å²) in [6.45, 7) is 0. The molecule has 0 aliphatic rings. The molecule has 0 saturated heterocycles. The van der Waals surface area contributed by atoms with Crippen molar-refractivity contribution in [3.05, 3.63) is 12.2 Å². The summed E-state index contributed by atoms with van der Waals surface area (Å²) in [5, 5.41) is 7.97. The zero-order valence-corrected chi connectivity index (χ0v) is 8.21. The Morgan fingerprint density at radius 2 is 2.00 bits per heavy atom. The predicted octanol–water partition coefficient (Wildman–Crippen LogP) is -0.746. The van der Waals surface area contributed by atoms with Crippen molar-refractivity contribution in [2.24, 2.45) is 0 Å². The molecule has 0 aromatic heterocycles. The van der Waals surface area contributed by atoms with Gasteiger partial charge in [-0.25, -0.2) is 0 Å². The summed E-state index contributed by atoms with van der Waals surface area (Å²) in [7, 11) is 0. The van der Waals surface area contributed by atoms with Crippen LogP contribution in [0.15, 0.2) is 12.2 Å². The van der Waals surface area contributed by atoms with Crippen molar-refractivity contribution in [3.8, 4) is 0 Å². The average molecular weight is 322 g/mol. The first kappa shape index (κ1) is 8.60. The standard InChI is InChI=1S/C4H4O4.Pb/c5-3(6)1-2-4(7)8;/h1-2H,(H,5,6)(H,7,8);/q;+1/p-1/b2-1+;. The summed E-state index contributed by atoms with van der Waals surface area (Å²) < 4.78 is 4.25. The van der Waals surface area contributed by atoms with Crippen LogP contribution < -0.4 is 0 Å². The molecule has 9 heavy (non-hydrogen) atoms. The third-order valence-electron chi connectivity index (χ3n) is 0.463. The molecule has 0 heterocycles. The topological polar surface area (TPSA) is 63.6 Å². The molecule has 5 heteroatoms. The minimum atomic E-state index is -1.15. The van der Waals surface area contributed by atoms with Gasteiger partial charge in [-0.1, -0.05) is 0 Å². The Kier molecular flexibility index (Phi) is 4.28. The Labute approximate surface area is 67.8 Å². The van der Waals surface area contributed by atoms with E-state index in [1.165, 1.54) is 0 Å². The molecule has 0 atom stereocenters. The van der Waals surface area contributed by atoms with Gasteiger partial charge in [-0.2, -0.15) is 0 Å². The second-order valence-corrected chi connectivity index (χ2v) is 1.89. The molecule has 0 aromatic rings. The van der Waals surface area contributed by atoms with E-state index in [2.05, 4.69) is 2.69 Å². The number of carbonyl (C=O) groups is 2. The molecule has 4 nitrogen and oxygen atoms in total. The molecule has 0 rings (SSSR count). The molecular formula is C4H3O4Pb. The predicted molar refractivity (Wildman–Crippen MR) is 28.6 cm³/mol. The molecule has 0 aliphatic carbocycles. The Hall–Kier alpha value is -0.398. The number of carboxylic acid groups (broad SMARTS) is 1. The Morgan fingerprint density at radius 3 is 2.33 bits per heavy atom. The molecule has 1 N–H and O–H groups in total. The van der Waals surface area contributed by atoms with Crippen molar-refractivity contribution in [1.29, 1.82) is 0 Å². The first-order valence-corrected chi connectivity index (χ1v) is 3.54. The van der Waals surface area contributed by atoms with Gasteiger partial charge in [0, 0.05) is 0 Å². The van der Waals surface area contributed by atoms with Crippen molar-refractivity contribution in [1.82, 2.24) is 0 Å². The fourth-order valence-corrected chi connectivity index (χ4v) is 0.438. The molecule has 0 unspecified atom stereocenters. The average Bonchev–Trinajstić information content (AvgIpc) is 1.83. The first-order valence-electron chi connectivity index (χ1n) is 1.95. The van der Waals surface area contributed by atoms with Gasteiger partial charge < -0.3 is 0 Å². The summed E-state index contributed by atoms with van der Waals surface area (Å²) in [4.78, 5) is 19.9. The van der Waals surface area contributed by atoms with Gasteiger partial charge in [0.25, 0.3) is 0 Å². The van der Waals surface area contributed by atoms with E-state index in [1.807, 2.05) is 0 Å². The van der Waals surface area contributed by atoms with Crippen molar-refractivity contribution in [3.63, 3.8) is 0 Å². The van der Waals surface area contributed by atoms with E-state index in [9.17, 15) is 9.59 Å². The van der Waals surface area contributed by atoms with Crippen LogP contribution in [0.5, 0.6) is 0 Å². The molecule has 0 aromatic carbocycles. The van der Waals surface area contributed by atoms with Crippen LogP contribution in [0.25, 0.3) is 0 Å². The maximum absolute atomic E-state index is 10.2. The number of rotatable bonds is 2. The van der Waals surface area contributed by atoms with Gasteiger partial charge in [0.15, 0.2) is 0 Å². The van der Waals surface area contributed by atoms with Crippen LogP contribution in [-0.4, -0.2) is 43.3 Å². The second-order valence-electron chi connectivity index (χ2n) is 1.09. The van der Waals surface area contributed by atoms with Crippen LogP contribution in [0, 0.1) is 0 Å². The number of hydrogen-bond acceptors (Lipinski definition) is 3. The van der Waals surface area contributed by atoms with E-state index in [1.54, 1.807) is 0 Å². The van der Waals surface area contributed by atoms with Crippen molar-refractivity contribution in [2.75, 3.05) is 0 Å². The Morgan fingerprint density at radius 1 is 1.44 bits per heavy atom. The van der Waals surface area contributed by atoms with E-state index >= 15 is 0 Å². The van der Waals surface area contributed by atoms with Gasteiger partial charge in [-0.15, -0.1) is 0 Å². The fourth-order valence-electron chi connectivity index (χ4n) is 0.173. The van der Waals surface area contributed by atoms with Gasteiger partial charge >= 0.3 is 67.7 Å². The van der Waals surface area contributed by atoms with Gasteiger partial charge in [0.05, 0.1) is 0 Å². The second kappa shape index (κ2) is 4.48. The zero-order valence-electron chi connectivity index (χ0n) is 4.33. The number of aliphatic carboxylic acids is 1. The SMILES string of the molecule is O=C(O)/C=C/C(=O)[O][Pb]. The van der Waals surface area contributed by atoms with Crippen molar-refractivity contribution < 1.29 is 17.4 Å². The molecule has 0 aliphatic heterocycles. The molecule has 0 bridgehead atoms. The maximum atomic E-state index is 10.2. The van der Waals surface area contributed by atoms with E-state index in [0.717, 1.165) is 12.2 Å². The van der Waals surface area contributed by atoms with E-state index in [4.69, 9.17) is 5.11 Å². The third-order valence-corrected chi connectivity index (χ3v) is 1.24. The van der Waals surface area contributed by atoms with E-state index < -0.39 is 11.9 Å². The van der Waals surface area contributed by atoms with Crippen LogP contribution in [-0.2, 0) is 12.3 Å². The van der Waals surface area contributed by atoms with Gasteiger partial charge in [0.1, 0.15) is 0 Å². The summed E-state index contributed by atoms with van der Waals surface area (Å²) in [6.07, 6.45) is 1.61. The minimum absolute atomic E-state index is 0.289. The quantitative estimate of drug-likeness (QED) is 0.537. The normalized spacial score (nSPS) is 9.44. The summed E-state index contributed by atoms with van der Waals surface area (Å²) >= 11 is 0.289. The molecular weight excluding hydrogens is 319 g/mol. The van der Waals surface area contributed by atoms with E-state index in [-0.39, 0.29) is 26.2 Å². The van der Waals surface area contributed by atoms with Crippen LogP contribution >= 0.6 is 0 Å². The van der Waals surface area contributed by atoms with Crippen LogP contribution in [0.3, 0.4) is 0 Å². The molecule has 3 radical (unpaired) electrons. The van der Waals surface area contributed by atoms with Crippen LogP contribution in [0.4, 0.5) is 0 Å². The van der Waals surface area contributed by atoms with E-state index in [0.29, 0.717) is 0 Å². The molecule has 47 valence electrons. The number of carbonyl (C=O) groups excluding carboxylic acids is 1. The van der Waals surface area contributed by atoms with Crippen LogP contribution in [0.2, 0.25) is 0 Å². The molecule has 0 fully saturated rings. The van der Waals surface area contributed by atoms with Crippen molar-refractivity contribution in [2.45, 2.75) is 0 Å². The monoisotopic (exact) mass is 323 g/mol. The summed E-state index contributed by atoms with van der Waals surface area (Å²) in [5.41, 5.74) is 0. The molecule has 0 spiro atoms. The Balaban J connectivity index is 3.71. The zero-order chi connectivity index (χ0) is 7.28. The summed E-state index contributed by atoms with van der Waals surface area (Å²) in [5.74, 6) is -1.76. The summed E-state index contributed by atoms with van der Waals surface area (Å²) in [6, 6.07) is 0. The molecule has 0 saturated carbocycles. The third kappa shape index (κ3) is 5.47. The number of carboxylic acids is 1. The Bertz CT molecular complexity index is 151. The number of hydrogen-bond donors (Lipinski definition) is 1. The van der Waals surface area contributed by atoms with Gasteiger partial charge in [-0.05, 0) is 0 Å². The molecule has 0 amide bonds. The van der Waals surface area contributed by atoms with Gasteiger partial charge in [0.2, 0.25) is 0 Å². The van der Waals surface area contributed by atoms with Gasteiger partial charge in [-0.3, -0.25) is 0 Å².